The third-order valence-corrected chi connectivity index (χ3v) is 4.21. The fourth-order valence-electron chi connectivity index (χ4n) is 2.67. The third kappa shape index (κ3) is 14.2. The van der Waals surface area contributed by atoms with Crippen LogP contribution in [-0.4, -0.2) is 18.0 Å². The number of hydrogen-bond donors (Lipinski definition) is 0. The molecule has 0 amide bonds. The van der Waals surface area contributed by atoms with Gasteiger partial charge in [-0.05, 0) is 31.8 Å². The van der Waals surface area contributed by atoms with E-state index in [4.69, 9.17) is 0 Å². The Kier molecular flexibility index (Phi) is 15.5. The van der Waals surface area contributed by atoms with Crippen molar-refractivity contribution in [1.29, 1.82) is 0 Å². The fourth-order valence-corrected chi connectivity index (χ4v) is 2.67. The quantitative estimate of drug-likeness (QED) is 0.154. The number of unbranched alkanes of at least 4 members (excludes halogenated alkanes) is 10. The number of rotatable bonds is 16. The van der Waals surface area contributed by atoms with E-state index in [1.54, 1.807) is 0 Å². The summed E-state index contributed by atoms with van der Waals surface area (Å²) in [5.74, 6) is -0.164. The number of hydrogen-bond acceptors (Lipinski definition) is 4. The summed E-state index contributed by atoms with van der Waals surface area (Å²) >= 11 is 0. The molecule has 5 nitrogen and oxygen atoms in total. The van der Waals surface area contributed by atoms with Crippen LogP contribution >= 0.6 is 0 Å². The molecule has 0 saturated heterocycles. The van der Waals surface area contributed by atoms with Crippen LogP contribution in [0, 0.1) is 10.1 Å². The minimum Gasteiger partial charge on any atom is -0.469 e. The first kappa shape index (κ1) is 22.6. The SMILES string of the molecule is CCCCCCCC/C=C(\CCCCCCCC(=O)OC)[N+](=O)[O-]. The van der Waals surface area contributed by atoms with Crippen LogP contribution in [-0.2, 0) is 9.53 Å². The standard InChI is InChI=1S/C19H35NO4/c1-3-4-5-6-7-9-12-15-18(20(22)23)16-13-10-8-11-14-17-19(21)24-2/h15H,3-14,16-17H2,1-2H3/b18-15+. The smallest absolute Gasteiger partial charge is 0.305 e. The molecule has 0 bridgehead atoms. The highest BCUT2D eigenvalue weighted by Gasteiger charge is 2.09. The molecule has 0 rings (SSSR count). The van der Waals surface area contributed by atoms with E-state index in [1.165, 1.54) is 39.2 Å². The van der Waals surface area contributed by atoms with Gasteiger partial charge in [-0.3, -0.25) is 14.9 Å². The number of carbonyl (C=O) groups excluding carboxylic acids is 1. The molecule has 140 valence electrons. The largest absolute Gasteiger partial charge is 0.469 e. The van der Waals surface area contributed by atoms with Gasteiger partial charge in [-0.1, -0.05) is 58.3 Å². The van der Waals surface area contributed by atoms with Crippen molar-refractivity contribution in [3.63, 3.8) is 0 Å². The number of methoxy groups -OCH3 is 1. The molecule has 5 heteroatoms. The number of nitro groups is 1. The average molecular weight is 341 g/mol. The van der Waals surface area contributed by atoms with Gasteiger partial charge in [0.05, 0.1) is 12.0 Å². The van der Waals surface area contributed by atoms with E-state index in [0.29, 0.717) is 18.5 Å². The second kappa shape index (κ2) is 16.5. The molecule has 24 heavy (non-hydrogen) atoms. The summed E-state index contributed by atoms with van der Waals surface area (Å²) in [6.07, 6.45) is 15.6. The highest BCUT2D eigenvalue weighted by atomic mass is 16.6. The predicted molar refractivity (Wildman–Crippen MR) is 97.4 cm³/mol. The minimum atomic E-state index is -0.228. The van der Waals surface area contributed by atoms with Gasteiger partial charge in [-0.25, -0.2) is 0 Å². The Labute approximate surface area is 147 Å². The Bertz CT molecular complexity index is 366. The maximum atomic E-state index is 11.1. The normalized spacial score (nSPS) is 11.5. The lowest BCUT2D eigenvalue weighted by Gasteiger charge is -2.02. The van der Waals surface area contributed by atoms with Crippen LogP contribution in [0.2, 0.25) is 0 Å². The van der Waals surface area contributed by atoms with Crippen LogP contribution in [0.5, 0.6) is 0 Å². The lowest BCUT2D eigenvalue weighted by molar-refractivity contribution is -0.428. The van der Waals surface area contributed by atoms with Gasteiger partial charge in [0.1, 0.15) is 0 Å². The van der Waals surface area contributed by atoms with E-state index < -0.39 is 0 Å². The molecule has 0 fully saturated rings. The molecule has 0 aromatic carbocycles. The van der Waals surface area contributed by atoms with Crippen LogP contribution in [0.25, 0.3) is 0 Å². The zero-order valence-electron chi connectivity index (χ0n) is 15.6. The van der Waals surface area contributed by atoms with Gasteiger partial charge >= 0.3 is 5.97 Å². The summed E-state index contributed by atoms with van der Waals surface area (Å²) in [4.78, 5) is 21.8. The monoisotopic (exact) mass is 341 g/mol. The van der Waals surface area contributed by atoms with Crippen LogP contribution in [0.15, 0.2) is 11.8 Å². The topological polar surface area (TPSA) is 69.4 Å². The number of esters is 1. The van der Waals surface area contributed by atoms with Crippen LogP contribution in [0.3, 0.4) is 0 Å². The Hall–Kier alpha value is -1.39. The van der Waals surface area contributed by atoms with Gasteiger partial charge in [0.2, 0.25) is 5.70 Å². The molecule has 0 unspecified atom stereocenters. The molecule has 0 aromatic rings. The van der Waals surface area contributed by atoms with Gasteiger partial charge in [0.15, 0.2) is 0 Å². The van der Waals surface area contributed by atoms with Crippen molar-refractivity contribution in [2.24, 2.45) is 0 Å². The van der Waals surface area contributed by atoms with E-state index in [2.05, 4.69) is 11.7 Å². The molecule has 0 spiro atoms. The van der Waals surface area contributed by atoms with Crippen molar-refractivity contribution >= 4 is 5.97 Å². The molecule has 0 aliphatic heterocycles. The van der Waals surface area contributed by atoms with Gasteiger partial charge < -0.3 is 4.74 Å². The van der Waals surface area contributed by atoms with Crippen molar-refractivity contribution in [1.82, 2.24) is 0 Å². The predicted octanol–water partition coefficient (Wildman–Crippen LogP) is 5.80. The van der Waals surface area contributed by atoms with Crippen LogP contribution in [0.4, 0.5) is 0 Å². The molecule has 0 saturated carbocycles. The van der Waals surface area contributed by atoms with Gasteiger partial charge in [0.25, 0.3) is 0 Å². The number of allylic oxidation sites excluding steroid dienone is 2. The first-order chi connectivity index (χ1) is 11.6. The maximum Gasteiger partial charge on any atom is 0.305 e. The lowest BCUT2D eigenvalue weighted by atomic mass is 10.1. The molecule has 0 atom stereocenters. The number of ether oxygens (including phenoxy) is 1. The first-order valence-electron chi connectivity index (χ1n) is 9.52. The second-order valence-corrected chi connectivity index (χ2v) is 6.35. The summed E-state index contributed by atoms with van der Waals surface area (Å²) in [6, 6.07) is 0. The summed E-state index contributed by atoms with van der Waals surface area (Å²) in [5, 5.41) is 11.1. The lowest BCUT2D eigenvalue weighted by Crippen LogP contribution is -2.00. The van der Waals surface area contributed by atoms with E-state index in [-0.39, 0.29) is 10.9 Å². The molecule has 0 aromatic heterocycles. The van der Waals surface area contributed by atoms with Crippen LogP contribution < -0.4 is 0 Å². The van der Waals surface area contributed by atoms with E-state index in [1.807, 2.05) is 6.08 Å². The number of carbonyl (C=O) groups is 1. The van der Waals surface area contributed by atoms with Crippen molar-refractivity contribution in [2.45, 2.75) is 96.8 Å². The summed E-state index contributed by atoms with van der Waals surface area (Å²) in [6.45, 7) is 2.20. The Morgan fingerprint density at radius 1 is 0.917 bits per heavy atom. The zero-order chi connectivity index (χ0) is 18.0. The van der Waals surface area contributed by atoms with Crippen molar-refractivity contribution < 1.29 is 14.5 Å². The average Bonchev–Trinajstić information content (AvgIpc) is 2.57. The Morgan fingerprint density at radius 3 is 2.04 bits per heavy atom. The molecule has 0 radical (unpaired) electrons. The zero-order valence-corrected chi connectivity index (χ0v) is 15.6. The third-order valence-electron chi connectivity index (χ3n) is 4.21. The fraction of sp³-hybridized carbons (Fsp3) is 0.842. The minimum absolute atomic E-state index is 0.164. The van der Waals surface area contributed by atoms with Gasteiger partial charge in [0, 0.05) is 12.8 Å². The second-order valence-electron chi connectivity index (χ2n) is 6.35. The van der Waals surface area contributed by atoms with Crippen molar-refractivity contribution in [3.05, 3.63) is 21.9 Å². The molecule has 0 heterocycles. The molecule has 0 aliphatic rings. The van der Waals surface area contributed by atoms with E-state index in [9.17, 15) is 14.9 Å². The summed E-state index contributed by atoms with van der Waals surface area (Å²) < 4.78 is 4.59. The summed E-state index contributed by atoms with van der Waals surface area (Å²) in [5.41, 5.74) is 0.373. The highest BCUT2D eigenvalue weighted by Crippen LogP contribution is 2.15. The van der Waals surface area contributed by atoms with E-state index in [0.717, 1.165) is 44.9 Å². The Morgan fingerprint density at radius 2 is 1.46 bits per heavy atom. The Balaban J connectivity index is 3.71. The first-order valence-corrected chi connectivity index (χ1v) is 9.52. The summed E-state index contributed by atoms with van der Waals surface area (Å²) in [7, 11) is 1.40. The van der Waals surface area contributed by atoms with Crippen LogP contribution in [0.1, 0.15) is 96.8 Å². The molecular formula is C19H35NO4. The highest BCUT2D eigenvalue weighted by molar-refractivity contribution is 5.68. The molecule has 0 aliphatic carbocycles. The van der Waals surface area contributed by atoms with Crippen molar-refractivity contribution in [2.75, 3.05) is 7.11 Å². The van der Waals surface area contributed by atoms with Crippen molar-refractivity contribution in [3.8, 4) is 0 Å². The van der Waals surface area contributed by atoms with Gasteiger partial charge in [-0.2, -0.15) is 0 Å². The van der Waals surface area contributed by atoms with E-state index >= 15 is 0 Å². The molecular weight excluding hydrogens is 306 g/mol. The molecule has 0 N–H and O–H groups in total. The maximum absolute atomic E-state index is 11.1. The number of nitrogens with zero attached hydrogens (tertiary/aromatic N) is 1. The van der Waals surface area contributed by atoms with Gasteiger partial charge in [-0.15, -0.1) is 0 Å².